The van der Waals surface area contributed by atoms with E-state index in [2.05, 4.69) is 15.5 Å². The molecular weight excluding hydrogens is 281 g/mol. The minimum atomic E-state index is -0.781. The fraction of sp³-hybridized carbons (Fsp3) is 0.250. The van der Waals surface area contributed by atoms with Crippen molar-refractivity contribution < 1.29 is 14.1 Å². The lowest BCUT2D eigenvalue weighted by Gasteiger charge is -2.07. The van der Waals surface area contributed by atoms with Crippen molar-refractivity contribution in [1.29, 1.82) is 0 Å². The summed E-state index contributed by atoms with van der Waals surface area (Å²) in [7, 11) is 1.69. The summed E-state index contributed by atoms with van der Waals surface area (Å²) in [6.45, 7) is 1.40. The predicted octanol–water partition coefficient (Wildman–Crippen LogP) is 1.10. The van der Waals surface area contributed by atoms with Gasteiger partial charge in [0.1, 0.15) is 12.1 Å². The molecule has 0 saturated carbocycles. The molecule has 0 unspecified atom stereocenters. The molecule has 0 spiro atoms. The van der Waals surface area contributed by atoms with E-state index in [-0.39, 0.29) is 23.4 Å². The van der Waals surface area contributed by atoms with Gasteiger partial charge in [0, 0.05) is 19.2 Å². The third-order valence-electron chi connectivity index (χ3n) is 2.91. The van der Waals surface area contributed by atoms with Gasteiger partial charge in [-0.05, 0) is 12.5 Å². The molecule has 9 heteroatoms. The summed E-state index contributed by atoms with van der Waals surface area (Å²) in [5.74, 6) is -1.05. The number of aromatic nitrogens is 3. The summed E-state index contributed by atoms with van der Waals surface area (Å²) < 4.78 is 15.5. The first-order valence-electron chi connectivity index (χ1n) is 5.95. The van der Waals surface area contributed by atoms with E-state index in [9.17, 15) is 19.3 Å². The number of carbonyl (C=O) groups excluding carboxylic acids is 1. The van der Waals surface area contributed by atoms with Crippen LogP contribution >= 0.6 is 0 Å². The third-order valence-corrected chi connectivity index (χ3v) is 2.91. The molecule has 1 heterocycles. The van der Waals surface area contributed by atoms with E-state index in [4.69, 9.17) is 0 Å². The number of nitrogens with zero attached hydrogens (tertiary/aromatic N) is 4. The minimum absolute atomic E-state index is 0.0352. The number of hydrogen-bond acceptors (Lipinski definition) is 5. The molecule has 1 aromatic carbocycles. The second-order valence-corrected chi connectivity index (χ2v) is 4.42. The Hall–Kier alpha value is -2.84. The van der Waals surface area contributed by atoms with Gasteiger partial charge < -0.3 is 9.88 Å². The maximum atomic E-state index is 13.9. The molecule has 0 bridgehead atoms. The average Bonchev–Trinajstić information content (AvgIpc) is 2.84. The minimum Gasteiger partial charge on any atom is -0.345 e. The molecule has 110 valence electrons. The molecule has 0 aliphatic carbocycles. The zero-order valence-electron chi connectivity index (χ0n) is 11.3. The van der Waals surface area contributed by atoms with E-state index in [0.717, 1.165) is 12.1 Å². The second-order valence-electron chi connectivity index (χ2n) is 4.42. The lowest BCUT2D eigenvalue weighted by molar-refractivity contribution is -0.385. The quantitative estimate of drug-likeness (QED) is 0.671. The molecule has 0 radical (unpaired) electrons. The Morgan fingerprint density at radius 3 is 2.81 bits per heavy atom. The lowest BCUT2D eigenvalue weighted by Crippen LogP contribution is -2.25. The van der Waals surface area contributed by atoms with Crippen LogP contribution in [0.15, 0.2) is 18.5 Å². The summed E-state index contributed by atoms with van der Waals surface area (Å²) in [4.78, 5) is 22.1. The van der Waals surface area contributed by atoms with Crippen LogP contribution in [0, 0.1) is 22.9 Å². The van der Waals surface area contributed by atoms with Crippen LogP contribution in [0.4, 0.5) is 10.1 Å². The molecule has 21 heavy (non-hydrogen) atoms. The van der Waals surface area contributed by atoms with Gasteiger partial charge in [-0.25, -0.2) is 4.39 Å². The Kier molecular flexibility index (Phi) is 3.92. The number of rotatable bonds is 4. The summed E-state index contributed by atoms with van der Waals surface area (Å²) in [5, 5.41) is 20.6. The van der Waals surface area contributed by atoms with Gasteiger partial charge in [-0.2, -0.15) is 0 Å². The van der Waals surface area contributed by atoms with E-state index in [1.807, 2.05) is 0 Å². The smallest absolute Gasteiger partial charge is 0.270 e. The van der Waals surface area contributed by atoms with Crippen molar-refractivity contribution in [1.82, 2.24) is 20.1 Å². The molecule has 1 amide bonds. The standard InChI is InChI=1S/C12H12FN5O3/c1-7-3-8(18(20)21)4-9(11(7)13)12(19)14-5-10-16-15-6-17(10)2/h3-4,6H,5H2,1-2H3,(H,14,19). The number of nitrogens with one attached hydrogen (secondary N) is 1. The van der Waals surface area contributed by atoms with Gasteiger partial charge in [0.25, 0.3) is 11.6 Å². The second kappa shape index (κ2) is 5.65. The van der Waals surface area contributed by atoms with E-state index >= 15 is 0 Å². The highest BCUT2D eigenvalue weighted by molar-refractivity contribution is 5.95. The number of nitro benzene ring substituents is 1. The van der Waals surface area contributed by atoms with Gasteiger partial charge in [0.2, 0.25) is 0 Å². The highest BCUT2D eigenvalue weighted by Gasteiger charge is 2.19. The third kappa shape index (κ3) is 3.02. The molecule has 0 aliphatic rings. The van der Waals surface area contributed by atoms with Gasteiger partial charge in [-0.3, -0.25) is 14.9 Å². The highest BCUT2D eigenvalue weighted by atomic mass is 19.1. The summed E-state index contributed by atoms with van der Waals surface area (Å²) >= 11 is 0. The Balaban J connectivity index is 2.22. The van der Waals surface area contributed by atoms with Gasteiger partial charge in [-0.1, -0.05) is 0 Å². The number of aryl methyl sites for hydroxylation is 2. The van der Waals surface area contributed by atoms with E-state index in [1.165, 1.54) is 13.3 Å². The maximum absolute atomic E-state index is 13.9. The number of halogens is 1. The van der Waals surface area contributed by atoms with Gasteiger partial charge in [0.15, 0.2) is 5.82 Å². The zero-order valence-corrected chi connectivity index (χ0v) is 11.3. The fourth-order valence-corrected chi connectivity index (χ4v) is 1.74. The van der Waals surface area contributed by atoms with Gasteiger partial charge >= 0.3 is 0 Å². The largest absolute Gasteiger partial charge is 0.345 e. The molecule has 2 rings (SSSR count). The lowest BCUT2D eigenvalue weighted by atomic mass is 10.1. The molecule has 1 aromatic heterocycles. The number of hydrogen-bond donors (Lipinski definition) is 1. The zero-order chi connectivity index (χ0) is 15.6. The van der Waals surface area contributed by atoms with Crippen molar-refractivity contribution in [2.24, 2.45) is 7.05 Å². The van der Waals surface area contributed by atoms with Crippen LogP contribution in [0.5, 0.6) is 0 Å². The summed E-state index contributed by atoms with van der Waals surface area (Å²) in [6.07, 6.45) is 1.46. The number of carbonyl (C=O) groups is 1. The molecule has 0 atom stereocenters. The van der Waals surface area contributed by atoms with Crippen molar-refractivity contribution in [3.05, 3.63) is 51.3 Å². The normalized spacial score (nSPS) is 10.4. The molecular formula is C12H12FN5O3. The molecule has 1 N–H and O–H groups in total. The van der Waals surface area contributed by atoms with Crippen LogP contribution in [0.3, 0.4) is 0 Å². The summed E-state index contributed by atoms with van der Waals surface area (Å²) in [6, 6.07) is 1.99. The van der Waals surface area contributed by atoms with Crippen molar-refractivity contribution >= 4 is 11.6 Å². The van der Waals surface area contributed by atoms with Crippen molar-refractivity contribution in [2.45, 2.75) is 13.5 Å². The van der Waals surface area contributed by atoms with Crippen molar-refractivity contribution in [2.75, 3.05) is 0 Å². The Morgan fingerprint density at radius 2 is 2.24 bits per heavy atom. The first kappa shape index (κ1) is 14.6. The number of nitro groups is 1. The van der Waals surface area contributed by atoms with Crippen LogP contribution in [-0.2, 0) is 13.6 Å². The molecule has 2 aromatic rings. The molecule has 0 aliphatic heterocycles. The summed E-state index contributed by atoms with van der Waals surface area (Å²) in [5.41, 5.74) is -0.672. The first-order chi connectivity index (χ1) is 9.90. The van der Waals surface area contributed by atoms with Crippen molar-refractivity contribution in [3.63, 3.8) is 0 Å². The maximum Gasteiger partial charge on any atom is 0.270 e. The van der Waals surface area contributed by atoms with E-state index < -0.39 is 16.6 Å². The van der Waals surface area contributed by atoms with Gasteiger partial charge in [0.05, 0.1) is 17.0 Å². The van der Waals surface area contributed by atoms with Gasteiger partial charge in [-0.15, -0.1) is 10.2 Å². The molecule has 0 saturated heterocycles. The van der Waals surface area contributed by atoms with Crippen LogP contribution in [0.2, 0.25) is 0 Å². The van der Waals surface area contributed by atoms with Crippen LogP contribution < -0.4 is 5.32 Å². The molecule has 8 nitrogen and oxygen atoms in total. The number of benzene rings is 1. The van der Waals surface area contributed by atoms with Crippen LogP contribution in [0.1, 0.15) is 21.7 Å². The predicted molar refractivity (Wildman–Crippen MR) is 70.0 cm³/mol. The first-order valence-corrected chi connectivity index (χ1v) is 5.95. The van der Waals surface area contributed by atoms with E-state index in [0.29, 0.717) is 5.82 Å². The monoisotopic (exact) mass is 293 g/mol. The number of amides is 1. The van der Waals surface area contributed by atoms with Crippen molar-refractivity contribution in [3.8, 4) is 0 Å². The topological polar surface area (TPSA) is 103 Å². The molecule has 0 fully saturated rings. The highest BCUT2D eigenvalue weighted by Crippen LogP contribution is 2.21. The Labute approximate surface area is 118 Å². The SMILES string of the molecule is Cc1cc([N+](=O)[O-])cc(C(=O)NCc2nncn2C)c1F. The fourth-order valence-electron chi connectivity index (χ4n) is 1.74. The number of non-ortho nitro benzene ring substituents is 1. The van der Waals surface area contributed by atoms with E-state index in [1.54, 1.807) is 11.6 Å². The van der Waals surface area contributed by atoms with Crippen LogP contribution in [-0.4, -0.2) is 25.6 Å². The average molecular weight is 293 g/mol. The Morgan fingerprint density at radius 1 is 1.52 bits per heavy atom. The Bertz CT molecular complexity index is 713. The van der Waals surface area contributed by atoms with Crippen LogP contribution in [0.25, 0.3) is 0 Å².